The standard InChI is InChI=1S/C17H23N3O3S/c1-23-16-11-14-5-2-3-6-15(14)12-17(16)24(21,22)19-7-4-9-20-10-8-18-13-20/h8,10-13,19H,2-7,9H2,1H3. The fraction of sp³-hybridized carbons (Fsp3) is 0.471. The quantitative estimate of drug-likeness (QED) is 0.777. The lowest BCUT2D eigenvalue weighted by Gasteiger charge is -2.19. The molecule has 0 amide bonds. The molecule has 1 aliphatic carbocycles. The third-order valence-electron chi connectivity index (χ3n) is 4.36. The lowest BCUT2D eigenvalue weighted by molar-refractivity contribution is 0.401. The summed E-state index contributed by atoms with van der Waals surface area (Å²) in [5.41, 5.74) is 2.33. The molecule has 0 fully saturated rings. The third-order valence-corrected chi connectivity index (χ3v) is 5.84. The van der Waals surface area contributed by atoms with Crippen LogP contribution in [-0.2, 0) is 29.4 Å². The average molecular weight is 349 g/mol. The van der Waals surface area contributed by atoms with Crippen molar-refractivity contribution in [2.24, 2.45) is 0 Å². The molecule has 0 saturated heterocycles. The minimum Gasteiger partial charge on any atom is -0.495 e. The van der Waals surface area contributed by atoms with Crippen LogP contribution in [0, 0.1) is 0 Å². The van der Waals surface area contributed by atoms with Gasteiger partial charge in [-0.2, -0.15) is 0 Å². The Hall–Kier alpha value is -1.86. The molecular weight excluding hydrogens is 326 g/mol. The van der Waals surface area contributed by atoms with E-state index in [0.717, 1.165) is 37.8 Å². The monoisotopic (exact) mass is 349 g/mol. The van der Waals surface area contributed by atoms with Crippen LogP contribution in [0.5, 0.6) is 5.75 Å². The molecule has 0 unspecified atom stereocenters. The van der Waals surface area contributed by atoms with Gasteiger partial charge in [0.15, 0.2) is 0 Å². The first-order chi connectivity index (χ1) is 11.6. The number of ether oxygens (including phenoxy) is 1. The average Bonchev–Trinajstić information content (AvgIpc) is 3.11. The first-order valence-corrected chi connectivity index (χ1v) is 9.73. The van der Waals surface area contributed by atoms with Crippen molar-refractivity contribution in [3.05, 3.63) is 42.0 Å². The van der Waals surface area contributed by atoms with Crippen molar-refractivity contribution < 1.29 is 13.2 Å². The van der Waals surface area contributed by atoms with E-state index in [1.165, 1.54) is 12.7 Å². The number of hydrogen-bond donors (Lipinski definition) is 1. The van der Waals surface area contributed by atoms with E-state index < -0.39 is 10.0 Å². The van der Waals surface area contributed by atoms with Crippen molar-refractivity contribution in [2.75, 3.05) is 13.7 Å². The van der Waals surface area contributed by atoms with Gasteiger partial charge in [0.25, 0.3) is 0 Å². The van der Waals surface area contributed by atoms with Gasteiger partial charge in [0.2, 0.25) is 10.0 Å². The Morgan fingerprint density at radius 3 is 2.67 bits per heavy atom. The summed E-state index contributed by atoms with van der Waals surface area (Å²) in [4.78, 5) is 4.21. The van der Waals surface area contributed by atoms with Crippen molar-refractivity contribution in [1.82, 2.24) is 14.3 Å². The SMILES string of the molecule is COc1cc2c(cc1S(=O)(=O)NCCCn1ccnc1)CCCC2. The molecule has 0 atom stereocenters. The summed E-state index contributed by atoms with van der Waals surface area (Å²) in [7, 11) is -2.06. The predicted molar refractivity (Wildman–Crippen MR) is 91.7 cm³/mol. The zero-order valence-electron chi connectivity index (χ0n) is 13.9. The van der Waals surface area contributed by atoms with Crippen LogP contribution in [0.4, 0.5) is 0 Å². The van der Waals surface area contributed by atoms with Crippen molar-refractivity contribution in [2.45, 2.75) is 43.5 Å². The van der Waals surface area contributed by atoms with Crippen LogP contribution in [-0.4, -0.2) is 31.6 Å². The van der Waals surface area contributed by atoms with E-state index >= 15 is 0 Å². The number of benzene rings is 1. The Balaban J connectivity index is 1.71. The van der Waals surface area contributed by atoms with Crippen molar-refractivity contribution in [3.8, 4) is 5.75 Å². The van der Waals surface area contributed by atoms with E-state index in [9.17, 15) is 8.42 Å². The van der Waals surface area contributed by atoms with Gasteiger partial charge >= 0.3 is 0 Å². The Kier molecular flexibility index (Phi) is 5.20. The first kappa shape index (κ1) is 17.0. The Bertz CT molecular complexity index is 786. The molecule has 130 valence electrons. The van der Waals surface area contributed by atoms with Crippen molar-refractivity contribution in [1.29, 1.82) is 0 Å². The molecule has 0 radical (unpaired) electrons. The third kappa shape index (κ3) is 3.79. The van der Waals surface area contributed by atoms with Crippen LogP contribution in [0.25, 0.3) is 0 Å². The first-order valence-electron chi connectivity index (χ1n) is 8.25. The molecule has 6 nitrogen and oxygen atoms in total. The summed E-state index contributed by atoms with van der Waals surface area (Å²) < 4.78 is 35.2. The number of imidazole rings is 1. The van der Waals surface area contributed by atoms with E-state index in [4.69, 9.17) is 4.74 Å². The number of hydrogen-bond acceptors (Lipinski definition) is 4. The molecular formula is C17H23N3O3S. The van der Waals surface area contributed by atoms with Crippen molar-refractivity contribution >= 4 is 10.0 Å². The van der Waals surface area contributed by atoms with E-state index in [-0.39, 0.29) is 4.90 Å². The second-order valence-corrected chi connectivity index (χ2v) is 7.77. The minimum atomic E-state index is -3.58. The molecule has 0 aliphatic heterocycles. The number of aromatic nitrogens is 2. The fourth-order valence-electron chi connectivity index (χ4n) is 3.07. The van der Waals surface area contributed by atoms with Gasteiger partial charge in [0.05, 0.1) is 13.4 Å². The van der Waals surface area contributed by atoms with Crippen molar-refractivity contribution in [3.63, 3.8) is 0 Å². The Morgan fingerprint density at radius 1 is 1.25 bits per heavy atom. The molecule has 2 aromatic rings. The molecule has 7 heteroatoms. The normalized spacial score (nSPS) is 14.4. The number of aryl methyl sites for hydroxylation is 3. The van der Waals surface area contributed by atoms with E-state index in [1.54, 1.807) is 18.6 Å². The number of fused-ring (bicyclic) bond motifs is 1. The molecule has 0 bridgehead atoms. The van der Waals surface area contributed by atoms with Crippen LogP contribution in [0.1, 0.15) is 30.4 Å². The zero-order valence-corrected chi connectivity index (χ0v) is 14.7. The highest BCUT2D eigenvalue weighted by Gasteiger charge is 2.22. The Labute approximate surface area is 142 Å². The molecule has 0 saturated carbocycles. The maximum atomic E-state index is 12.6. The summed E-state index contributed by atoms with van der Waals surface area (Å²) in [6.07, 6.45) is 10.2. The summed E-state index contributed by atoms with van der Waals surface area (Å²) >= 11 is 0. The van der Waals surface area contributed by atoms with Gasteiger partial charge in [0.1, 0.15) is 10.6 Å². The molecule has 1 aromatic carbocycles. The van der Waals surface area contributed by atoms with Gasteiger partial charge in [-0.05, 0) is 55.4 Å². The molecule has 1 aliphatic rings. The van der Waals surface area contributed by atoms with Gasteiger partial charge in [0, 0.05) is 25.5 Å². The van der Waals surface area contributed by atoms with Crippen LogP contribution in [0.2, 0.25) is 0 Å². The molecule has 1 aromatic heterocycles. The topological polar surface area (TPSA) is 73.2 Å². The van der Waals surface area contributed by atoms with E-state index in [1.807, 2.05) is 16.8 Å². The van der Waals surface area contributed by atoms with E-state index in [2.05, 4.69) is 9.71 Å². The highest BCUT2D eigenvalue weighted by Crippen LogP contribution is 2.31. The Morgan fingerprint density at radius 2 is 2.00 bits per heavy atom. The van der Waals surface area contributed by atoms with Gasteiger partial charge < -0.3 is 9.30 Å². The number of rotatable bonds is 7. The van der Waals surface area contributed by atoms with Gasteiger partial charge in [-0.3, -0.25) is 0 Å². The molecule has 0 spiro atoms. The smallest absolute Gasteiger partial charge is 0.244 e. The maximum Gasteiger partial charge on any atom is 0.244 e. The highest BCUT2D eigenvalue weighted by atomic mass is 32.2. The summed E-state index contributed by atoms with van der Waals surface area (Å²) in [6.45, 7) is 1.10. The molecule has 3 rings (SSSR count). The lowest BCUT2D eigenvalue weighted by Crippen LogP contribution is -2.26. The maximum absolute atomic E-state index is 12.6. The van der Waals surface area contributed by atoms with E-state index in [0.29, 0.717) is 18.7 Å². The van der Waals surface area contributed by atoms with Gasteiger partial charge in [-0.25, -0.2) is 18.1 Å². The number of nitrogens with one attached hydrogen (secondary N) is 1. The summed E-state index contributed by atoms with van der Waals surface area (Å²) in [5, 5.41) is 0. The van der Waals surface area contributed by atoms with Gasteiger partial charge in [-0.1, -0.05) is 0 Å². The zero-order chi connectivity index (χ0) is 17.0. The predicted octanol–water partition coefficient (Wildman–Crippen LogP) is 2.14. The molecule has 1 N–H and O–H groups in total. The summed E-state index contributed by atoms with van der Waals surface area (Å²) in [5.74, 6) is 0.428. The van der Waals surface area contributed by atoms with Crippen LogP contribution >= 0.6 is 0 Å². The highest BCUT2D eigenvalue weighted by molar-refractivity contribution is 7.89. The molecule has 24 heavy (non-hydrogen) atoms. The lowest BCUT2D eigenvalue weighted by atomic mass is 9.92. The second kappa shape index (κ2) is 7.36. The fourth-order valence-corrected chi connectivity index (χ4v) is 4.35. The van der Waals surface area contributed by atoms with Crippen LogP contribution < -0.4 is 9.46 Å². The van der Waals surface area contributed by atoms with Crippen LogP contribution in [0.15, 0.2) is 35.7 Å². The second-order valence-electron chi connectivity index (χ2n) is 6.03. The number of sulfonamides is 1. The largest absolute Gasteiger partial charge is 0.495 e. The number of methoxy groups -OCH3 is 1. The van der Waals surface area contributed by atoms with Crippen LogP contribution in [0.3, 0.4) is 0 Å². The number of nitrogens with zero attached hydrogens (tertiary/aromatic N) is 2. The molecule has 1 heterocycles. The minimum absolute atomic E-state index is 0.244. The summed E-state index contributed by atoms with van der Waals surface area (Å²) in [6, 6.07) is 3.67. The van der Waals surface area contributed by atoms with Gasteiger partial charge in [-0.15, -0.1) is 0 Å².